The zero-order valence-electron chi connectivity index (χ0n) is 15.5. The second-order valence-corrected chi connectivity index (χ2v) is 8.31. The van der Waals surface area contributed by atoms with Crippen molar-refractivity contribution in [2.24, 2.45) is 14.1 Å². The molecule has 1 aromatic heterocycles. The van der Waals surface area contributed by atoms with Crippen molar-refractivity contribution in [1.82, 2.24) is 9.13 Å². The summed E-state index contributed by atoms with van der Waals surface area (Å²) in [4.78, 5) is 24.4. The van der Waals surface area contributed by atoms with Crippen molar-refractivity contribution >= 4 is 38.3 Å². The van der Waals surface area contributed by atoms with Gasteiger partial charge in [-0.15, -0.1) is 0 Å². The van der Waals surface area contributed by atoms with Crippen LogP contribution in [0.1, 0.15) is 0 Å². The van der Waals surface area contributed by atoms with E-state index >= 15 is 0 Å². The van der Waals surface area contributed by atoms with Gasteiger partial charge in [-0.1, -0.05) is 0 Å². The standard InChI is InChI=1S/C18H19FN4O4S/c1-21-15-9-6-13(10-16(15)22(2)18(21)25)20-17(24)11-23(28(3,26)27)14-7-4-12(19)5-8-14/h4-10H,11H2,1-3H3,(H,20,24). The molecule has 3 rings (SSSR count). The Balaban J connectivity index is 1.85. The number of aromatic nitrogens is 2. The highest BCUT2D eigenvalue weighted by atomic mass is 32.2. The number of rotatable bonds is 5. The highest BCUT2D eigenvalue weighted by Gasteiger charge is 2.21. The lowest BCUT2D eigenvalue weighted by molar-refractivity contribution is -0.114. The maximum atomic E-state index is 13.1. The van der Waals surface area contributed by atoms with Crippen LogP contribution in [0.5, 0.6) is 0 Å². The second kappa shape index (κ2) is 7.12. The lowest BCUT2D eigenvalue weighted by Crippen LogP contribution is -2.37. The first-order valence-corrected chi connectivity index (χ1v) is 10.1. The summed E-state index contributed by atoms with van der Waals surface area (Å²) in [6, 6.07) is 9.77. The smallest absolute Gasteiger partial charge is 0.324 e. The number of nitrogens with zero attached hydrogens (tertiary/aromatic N) is 3. The molecule has 0 bridgehead atoms. The van der Waals surface area contributed by atoms with Gasteiger partial charge in [-0.2, -0.15) is 0 Å². The maximum absolute atomic E-state index is 13.1. The predicted molar refractivity (Wildman–Crippen MR) is 105 cm³/mol. The van der Waals surface area contributed by atoms with E-state index in [9.17, 15) is 22.4 Å². The molecular formula is C18H19FN4O4S. The van der Waals surface area contributed by atoms with Gasteiger partial charge in [-0.05, 0) is 42.5 Å². The number of sulfonamides is 1. The van der Waals surface area contributed by atoms with Gasteiger partial charge in [-0.3, -0.25) is 18.2 Å². The van der Waals surface area contributed by atoms with Crippen molar-refractivity contribution < 1.29 is 17.6 Å². The topological polar surface area (TPSA) is 93.4 Å². The van der Waals surface area contributed by atoms with Gasteiger partial charge in [0.15, 0.2) is 0 Å². The molecule has 0 aliphatic carbocycles. The first-order chi connectivity index (χ1) is 13.1. The van der Waals surface area contributed by atoms with Crippen LogP contribution in [0.2, 0.25) is 0 Å². The number of aryl methyl sites for hydroxylation is 2. The molecule has 2 aromatic carbocycles. The average molecular weight is 406 g/mol. The summed E-state index contributed by atoms with van der Waals surface area (Å²) in [6.07, 6.45) is 0.968. The summed E-state index contributed by atoms with van der Waals surface area (Å²) in [7, 11) is -0.491. The van der Waals surface area contributed by atoms with E-state index in [2.05, 4.69) is 5.32 Å². The predicted octanol–water partition coefficient (Wildman–Crippen LogP) is 1.42. The van der Waals surface area contributed by atoms with E-state index in [1.807, 2.05) is 0 Å². The quantitative estimate of drug-likeness (QED) is 0.694. The summed E-state index contributed by atoms with van der Waals surface area (Å²) in [5, 5.41) is 2.63. The van der Waals surface area contributed by atoms with Crippen LogP contribution in [0.15, 0.2) is 47.3 Å². The van der Waals surface area contributed by atoms with Gasteiger partial charge >= 0.3 is 5.69 Å². The molecule has 1 amide bonds. The fourth-order valence-electron chi connectivity index (χ4n) is 2.92. The van der Waals surface area contributed by atoms with E-state index in [4.69, 9.17) is 0 Å². The summed E-state index contributed by atoms with van der Waals surface area (Å²) >= 11 is 0. The minimum atomic E-state index is -3.76. The highest BCUT2D eigenvalue weighted by Crippen LogP contribution is 2.20. The van der Waals surface area contributed by atoms with Crippen LogP contribution in [0.3, 0.4) is 0 Å². The monoisotopic (exact) mass is 406 g/mol. The number of hydrogen-bond acceptors (Lipinski definition) is 4. The third kappa shape index (κ3) is 3.77. The molecule has 0 aliphatic heterocycles. The number of carbonyl (C=O) groups is 1. The van der Waals surface area contributed by atoms with E-state index in [-0.39, 0.29) is 11.4 Å². The zero-order chi connectivity index (χ0) is 20.6. The largest absolute Gasteiger partial charge is 0.328 e. The van der Waals surface area contributed by atoms with Gasteiger partial charge in [0.1, 0.15) is 12.4 Å². The van der Waals surface area contributed by atoms with Crippen molar-refractivity contribution in [2.75, 3.05) is 22.4 Å². The molecule has 0 radical (unpaired) electrons. The number of fused-ring (bicyclic) bond motifs is 1. The maximum Gasteiger partial charge on any atom is 0.328 e. The fourth-order valence-corrected chi connectivity index (χ4v) is 3.78. The van der Waals surface area contributed by atoms with Crippen LogP contribution in [0.4, 0.5) is 15.8 Å². The first-order valence-electron chi connectivity index (χ1n) is 8.26. The van der Waals surface area contributed by atoms with Crippen LogP contribution in [-0.4, -0.2) is 36.3 Å². The van der Waals surface area contributed by atoms with E-state index in [0.717, 1.165) is 22.7 Å². The molecular weight excluding hydrogens is 387 g/mol. The van der Waals surface area contributed by atoms with Crippen molar-refractivity contribution in [1.29, 1.82) is 0 Å². The Hall–Kier alpha value is -3.14. The average Bonchev–Trinajstić information content (AvgIpc) is 2.84. The van der Waals surface area contributed by atoms with E-state index in [0.29, 0.717) is 16.7 Å². The number of nitrogens with one attached hydrogen (secondary N) is 1. The van der Waals surface area contributed by atoms with E-state index < -0.39 is 28.3 Å². The van der Waals surface area contributed by atoms with Crippen LogP contribution >= 0.6 is 0 Å². The Morgan fingerprint density at radius 3 is 2.29 bits per heavy atom. The number of amides is 1. The second-order valence-electron chi connectivity index (χ2n) is 6.40. The molecule has 0 atom stereocenters. The Morgan fingerprint density at radius 2 is 1.68 bits per heavy atom. The summed E-state index contributed by atoms with van der Waals surface area (Å²) in [6.45, 7) is -0.476. The number of imidazole rings is 1. The summed E-state index contributed by atoms with van der Waals surface area (Å²) in [5.41, 5.74) is 1.74. The first kappa shape index (κ1) is 19.6. The number of halogens is 1. The van der Waals surface area contributed by atoms with Gasteiger partial charge < -0.3 is 5.32 Å². The molecule has 0 unspecified atom stereocenters. The molecule has 148 valence electrons. The molecule has 0 aliphatic rings. The molecule has 0 saturated heterocycles. The van der Waals surface area contributed by atoms with Crippen molar-refractivity contribution in [3.63, 3.8) is 0 Å². The van der Waals surface area contributed by atoms with Crippen molar-refractivity contribution in [3.8, 4) is 0 Å². The highest BCUT2D eigenvalue weighted by molar-refractivity contribution is 7.92. The molecule has 3 aromatic rings. The molecule has 1 N–H and O–H groups in total. The molecule has 1 heterocycles. The molecule has 10 heteroatoms. The minimum Gasteiger partial charge on any atom is -0.324 e. The molecule has 28 heavy (non-hydrogen) atoms. The van der Waals surface area contributed by atoms with Crippen molar-refractivity contribution in [3.05, 3.63) is 58.8 Å². The normalized spacial score (nSPS) is 11.6. The number of anilines is 2. The van der Waals surface area contributed by atoms with Crippen LogP contribution in [0.25, 0.3) is 11.0 Å². The van der Waals surface area contributed by atoms with E-state index in [1.165, 1.54) is 21.3 Å². The molecule has 8 nitrogen and oxygen atoms in total. The third-order valence-electron chi connectivity index (χ3n) is 4.36. The van der Waals surface area contributed by atoms with Crippen LogP contribution in [0, 0.1) is 5.82 Å². The summed E-state index contributed by atoms with van der Waals surface area (Å²) in [5.74, 6) is -1.08. The van der Waals surface area contributed by atoms with Gasteiger partial charge in [0, 0.05) is 19.8 Å². The minimum absolute atomic E-state index is 0.181. The Kier molecular flexibility index (Phi) is 4.99. The SMILES string of the molecule is Cn1c(=O)n(C)c2cc(NC(=O)CN(c3ccc(F)cc3)S(C)(=O)=O)ccc21. The van der Waals surface area contributed by atoms with Gasteiger partial charge in [-0.25, -0.2) is 17.6 Å². The Morgan fingerprint density at radius 1 is 1.07 bits per heavy atom. The van der Waals surface area contributed by atoms with Crippen LogP contribution < -0.4 is 15.3 Å². The summed E-state index contributed by atoms with van der Waals surface area (Å²) < 4.78 is 41.1. The number of benzene rings is 2. The van der Waals surface area contributed by atoms with Gasteiger partial charge in [0.25, 0.3) is 0 Å². The lowest BCUT2D eigenvalue weighted by atomic mass is 10.2. The zero-order valence-corrected chi connectivity index (χ0v) is 16.3. The lowest BCUT2D eigenvalue weighted by Gasteiger charge is -2.21. The van der Waals surface area contributed by atoms with Gasteiger partial charge in [0.2, 0.25) is 15.9 Å². The fraction of sp³-hybridized carbons (Fsp3) is 0.222. The molecule has 0 fully saturated rings. The number of hydrogen-bond donors (Lipinski definition) is 1. The van der Waals surface area contributed by atoms with Gasteiger partial charge in [0.05, 0.1) is 23.0 Å². The third-order valence-corrected chi connectivity index (χ3v) is 5.50. The molecule has 0 spiro atoms. The number of carbonyl (C=O) groups excluding carboxylic acids is 1. The molecule has 0 saturated carbocycles. The van der Waals surface area contributed by atoms with Crippen molar-refractivity contribution in [2.45, 2.75) is 0 Å². The Labute approximate surface area is 160 Å². The van der Waals surface area contributed by atoms with E-state index in [1.54, 1.807) is 32.3 Å². The Bertz CT molecular complexity index is 1210. The van der Waals surface area contributed by atoms with Crippen LogP contribution in [-0.2, 0) is 28.9 Å².